The van der Waals surface area contributed by atoms with Gasteiger partial charge in [0.1, 0.15) is 0 Å². The van der Waals surface area contributed by atoms with E-state index in [9.17, 15) is 13.2 Å². The Morgan fingerprint density at radius 1 is 0.962 bits per heavy atom. The minimum absolute atomic E-state index is 0.0567. The lowest BCUT2D eigenvalue weighted by molar-refractivity contribution is -0.121. The first-order valence-corrected chi connectivity index (χ1v) is 10.2. The van der Waals surface area contributed by atoms with Gasteiger partial charge in [0, 0.05) is 0 Å². The van der Waals surface area contributed by atoms with Crippen LogP contribution in [0, 0.1) is 5.92 Å². The zero-order valence-corrected chi connectivity index (χ0v) is 16.2. The predicted molar refractivity (Wildman–Crippen MR) is 103 cm³/mol. The molecule has 2 aromatic rings. The highest BCUT2D eigenvalue weighted by Crippen LogP contribution is 2.16. The van der Waals surface area contributed by atoms with Crippen molar-refractivity contribution < 1.29 is 13.2 Å². The van der Waals surface area contributed by atoms with E-state index in [1.165, 1.54) is 17.7 Å². The van der Waals surface area contributed by atoms with E-state index in [1.807, 2.05) is 19.1 Å². The Kier molecular flexibility index (Phi) is 6.56. The van der Waals surface area contributed by atoms with Crippen LogP contribution < -0.4 is 10.5 Å². The van der Waals surface area contributed by atoms with Gasteiger partial charge in [-0.25, -0.2) is 13.6 Å². The minimum Gasteiger partial charge on any atom is -0.349 e. The summed E-state index contributed by atoms with van der Waals surface area (Å²) in [5.74, 6) is 0.523. The van der Waals surface area contributed by atoms with Crippen LogP contribution in [0.1, 0.15) is 43.5 Å². The SMILES string of the molecule is CC(C)Cc1ccc(CC(=O)NC(C)c2ccc(S(N)(=O)=O)cc2)cc1. The third-order valence-electron chi connectivity index (χ3n) is 4.12. The number of hydrogen-bond donors (Lipinski definition) is 2. The number of benzene rings is 2. The molecule has 0 aliphatic heterocycles. The van der Waals surface area contributed by atoms with Gasteiger partial charge in [-0.15, -0.1) is 0 Å². The van der Waals surface area contributed by atoms with Gasteiger partial charge < -0.3 is 5.32 Å². The van der Waals surface area contributed by atoms with Gasteiger partial charge in [-0.05, 0) is 48.1 Å². The molecule has 0 heterocycles. The van der Waals surface area contributed by atoms with Crippen molar-refractivity contribution in [1.82, 2.24) is 5.32 Å². The highest BCUT2D eigenvalue weighted by molar-refractivity contribution is 7.89. The summed E-state index contributed by atoms with van der Waals surface area (Å²) in [4.78, 5) is 12.3. The smallest absolute Gasteiger partial charge is 0.238 e. The molecule has 2 aromatic carbocycles. The average Bonchev–Trinajstić information content (AvgIpc) is 2.55. The zero-order valence-electron chi connectivity index (χ0n) is 15.4. The topological polar surface area (TPSA) is 89.3 Å². The van der Waals surface area contributed by atoms with Crippen molar-refractivity contribution in [3.63, 3.8) is 0 Å². The Morgan fingerprint density at radius 3 is 2.00 bits per heavy atom. The van der Waals surface area contributed by atoms with Gasteiger partial charge in [-0.2, -0.15) is 0 Å². The molecule has 0 saturated heterocycles. The van der Waals surface area contributed by atoms with E-state index in [0.29, 0.717) is 12.3 Å². The number of rotatable bonds is 7. The molecule has 6 heteroatoms. The molecule has 0 bridgehead atoms. The molecule has 0 aliphatic carbocycles. The standard InChI is InChI=1S/C20H26N2O3S/c1-14(2)12-16-4-6-17(7-5-16)13-20(23)22-15(3)18-8-10-19(11-9-18)26(21,24)25/h4-11,14-15H,12-13H2,1-3H3,(H,22,23)(H2,21,24,25). The molecule has 0 aliphatic rings. The molecule has 0 aromatic heterocycles. The van der Waals surface area contributed by atoms with Crippen LogP contribution in [0.3, 0.4) is 0 Å². The summed E-state index contributed by atoms with van der Waals surface area (Å²) in [5, 5.41) is 8.02. The van der Waals surface area contributed by atoms with Crippen LogP contribution in [0.15, 0.2) is 53.4 Å². The van der Waals surface area contributed by atoms with Crippen molar-refractivity contribution in [2.24, 2.45) is 11.1 Å². The third kappa shape index (κ3) is 5.97. The first-order valence-electron chi connectivity index (χ1n) is 8.65. The first-order chi connectivity index (χ1) is 12.1. The van der Waals surface area contributed by atoms with Gasteiger partial charge in [-0.1, -0.05) is 50.2 Å². The number of sulfonamides is 1. The second-order valence-corrected chi connectivity index (χ2v) is 8.56. The minimum atomic E-state index is -3.71. The van der Waals surface area contributed by atoms with E-state index < -0.39 is 10.0 Å². The molecular weight excluding hydrogens is 348 g/mol. The van der Waals surface area contributed by atoms with Crippen molar-refractivity contribution in [2.45, 2.75) is 44.6 Å². The Morgan fingerprint density at radius 2 is 1.50 bits per heavy atom. The fourth-order valence-corrected chi connectivity index (χ4v) is 3.29. The lowest BCUT2D eigenvalue weighted by Gasteiger charge is -2.15. The van der Waals surface area contributed by atoms with Crippen molar-refractivity contribution in [3.8, 4) is 0 Å². The summed E-state index contributed by atoms with van der Waals surface area (Å²) in [7, 11) is -3.71. The summed E-state index contributed by atoms with van der Waals surface area (Å²) in [6.07, 6.45) is 1.33. The Labute approximate surface area is 155 Å². The summed E-state index contributed by atoms with van der Waals surface area (Å²) >= 11 is 0. The second kappa shape index (κ2) is 8.47. The summed E-state index contributed by atoms with van der Waals surface area (Å²) < 4.78 is 22.6. The molecule has 0 spiro atoms. The highest BCUT2D eigenvalue weighted by atomic mass is 32.2. The predicted octanol–water partition coefficient (Wildman–Crippen LogP) is 2.95. The fraction of sp³-hybridized carbons (Fsp3) is 0.350. The van der Waals surface area contributed by atoms with Crippen molar-refractivity contribution in [3.05, 3.63) is 65.2 Å². The number of hydrogen-bond acceptors (Lipinski definition) is 3. The molecule has 0 saturated carbocycles. The number of carbonyl (C=O) groups is 1. The fourth-order valence-electron chi connectivity index (χ4n) is 2.77. The van der Waals surface area contributed by atoms with Crippen LogP contribution >= 0.6 is 0 Å². The quantitative estimate of drug-likeness (QED) is 0.781. The van der Waals surface area contributed by atoms with Crippen LogP contribution in [0.2, 0.25) is 0 Å². The van der Waals surface area contributed by atoms with Crippen molar-refractivity contribution in [2.75, 3.05) is 0 Å². The molecule has 0 radical (unpaired) electrons. The Bertz CT molecular complexity index is 842. The number of carbonyl (C=O) groups excluding carboxylic acids is 1. The molecule has 3 N–H and O–H groups in total. The van der Waals surface area contributed by atoms with E-state index in [1.54, 1.807) is 12.1 Å². The van der Waals surface area contributed by atoms with Gasteiger partial charge >= 0.3 is 0 Å². The van der Waals surface area contributed by atoms with E-state index in [4.69, 9.17) is 5.14 Å². The molecule has 2 rings (SSSR count). The maximum Gasteiger partial charge on any atom is 0.238 e. The molecule has 5 nitrogen and oxygen atoms in total. The maximum atomic E-state index is 12.3. The van der Waals surface area contributed by atoms with Gasteiger partial charge in [-0.3, -0.25) is 4.79 Å². The van der Waals surface area contributed by atoms with Crippen LogP contribution in [0.5, 0.6) is 0 Å². The molecule has 1 atom stereocenters. The number of nitrogens with one attached hydrogen (secondary N) is 1. The zero-order chi connectivity index (χ0) is 19.3. The lowest BCUT2D eigenvalue weighted by atomic mass is 10.0. The first kappa shape index (κ1) is 20.1. The van der Waals surface area contributed by atoms with E-state index >= 15 is 0 Å². The molecule has 1 amide bonds. The lowest BCUT2D eigenvalue weighted by Crippen LogP contribution is -2.28. The summed E-state index contributed by atoms with van der Waals surface area (Å²) in [6, 6.07) is 14.1. The van der Waals surface area contributed by atoms with E-state index in [2.05, 4.69) is 31.3 Å². The number of nitrogens with two attached hydrogens (primary N) is 1. The molecule has 26 heavy (non-hydrogen) atoms. The third-order valence-corrected chi connectivity index (χ3v) is 5.05. The van der Waals surface area contributed by atoms with E-state index in [0.717, 1.165) is 17.5 Å². The maximum absolute atomic E-state index is 12.3. The number of primary sulfonamides is 1. The monoisotopic (exact) mass is 374 g/mol. The second-order valence-electron chi connectivity index (χ2n) is 6.99. The largest absolute Gasteiger partial charge is 0.349 e. The summed E-state index contributed by atoms with van der Waals surface area (Å²) in [6.45, 7) is 6.21. The van der Waals surface area contributed by atoms with Gasteiger partial charge in [0.15, 0.2) is 0 Å². The molecular formula is C20H26N2O3S. The molecule has 1 unspecified atom stereocenters. The van der Waals surface area contributed by atoms with Crippen LogP contribution in [-0.4, -0.2) is 14.3 Å². The Balaban J connectivity index is 1.94. The van der Waals surface area contributed by atoms with Crippen LogP contribution in [0.4, 0.5) is 0 Å². The molecule has 0 fully saturated rings. The number of amides is 1. The highest BCUT2D eigenvalue weighted by Gasteiger charge is 2.12. The normalized spacial score (nSPS) is 12.8. The molecule has 140 valence electrons. The van der Waals surface area contributed by atoms with Crippen molar-refractivity contribution in [1.29, 1.82) is 0 Å². The van der Waals surface area contributed by atoms with Crippen LogP contribution in [-0.2, 0) is 27.7 Å². The van der Waals surface area contributed by atoms with Gasteiger partial charge in [0.2, 0.25) is 15.9 Å². The van der Waals surface area contributed by atoms with Crippen molar-refractivity contribution >= 4 is 15.9 Å². The van der Waals surface area contributed by atoms with E-state index in [-0.39, 0.29) is 16.8 Å². The Hall–Kier alpha value is -2.18. The van der Waals surface area contributed by atoms with Crippen LogP contribution in [0.25, 0.3) is 0 Å². The van der Waals surface area contributed by atoms with Gasteiger partial charge in [0.25, 0.3) is 0 Å². The van der Waals surface area contributed by atoms with Gasteiger partial charge in [0.05, 0.1) is 17.4 Å². The summed E-state index contributed by atoms with van der Waals surface area (Å²) in [5.41, 5.74) is 3.05. The average molecular weight is 375 g/mol.